The molecule has 0 aliphatic heterocycles. The molecule has 0 saturated heterocycles. The van der Waals surface area contributed by atoms with Crippen LogP contribution in [0.3, 0.4) is 0 Å². The van der Waals surface area contributed by atoms with E-state index in [1.807, 2.05) is 0 Å². The van der Waals surface area contributed by atoms with Crippen LogP contribution in [0.15, 0.2) is 16.9 Å². The number of anilines is 1. The van der Waals surface area contributed by atoms with Crippen molar-refractivity contribution in [2.75, 3.05) is 18.4 Å². The highest BCUT2D eigenvalue weighted by atomic mass is 16.5. The molecule has 1 aromatic rings. The number of rotatable bonds is 8. The van der Waals surface area contributed by atoms with Gasteiger partial charge < -0.3 is 14.7 Å². The van der Waals surface area contributed by atoms with Gasteiger partial charge in [0.15, 0.2) is 5.82 Å². The Kier molecular flexibility index (Phi) is 7.09. The first-order chi connectivity index (χ1) is 12.7. The number of amides is 2. The number of aromatic nitrogens is 1. The summed E-state index contributed by atoms with van der Waals surface area (Å²) in [6.45, 7) is 0.808. The van der Waals surface area contributed by atoms with Gasteiger partial charge in [0.2, 0.25) is 11.8 Å². The van der Waals surface area contributed by atoms with E-state index >= 15 is 0 Å². The Morgan fingerprint density at radius 3 is 2.46 bits per heavy atom. The number of hydrogen-bond acceptors (Lipinski definition) is 4. The summed E-state index contributed by atoms with van der Waals surface area (Å²) < 4.78 is 4.74. The van der Waals surface area contributed by atoms with E-state index in [2.05, 4.69) is 10.5 Å². The summed E-state index contributed by atoms with van der Waals surface area (Å²) in [4.78, 5) is 26.9. The molecule has 0 spiro atoms. The lowest BCUT2D eigenvalue weighted by molar-refractivity contribution is -0.135. The predicted octanol–water partition coefficient (Wildman–Crippen LogP) is 3.99. The van der Waals surface area contributed by atoms with Crippen molar-refractivity contribution >= 4 is 17.6 Å². The highest BCUT2D eigenvalue weighted by Gasteiger charge is 2.24. The van der Waals surface area contributed by atoms with E-state index in [1.165, 1.54) is 51.2 Å². The third kappa shape index (κ3) is 5.85. The molecule has 2 saturated carbocycles. The quantitative estimate of drug-likeness (QED) is 0.759. The topological polar surface area (TPSA) is 75.4 Å². The summed E-state index contributed by atoms with van der Waals surface area (Å²) in [5.74, 6) is 1.53. The van der Waals surface area contributed by atoms with Crippen LogP contribution in [0.2, 0.25) is 0 Å². The molecule has 0 atom stereocenters. The van der Waals surface area contributed by atoms with Gasteiger partial charge in [-0.25, -0.2) is 0 Å². The SMILES string of the molecule is O=C(CN(CC1CCCCC1)C(=O)CCC1CCCC1)Nc1ccon1. The second-order valence-corrected chi connectivity index (χ2v) is 7.90. The largest absolute Gasteiger partial charge is 0.363 e. The number of hydrogen-bond donors (Lipinski definition) is 1. The van der Waals surface area contributed by atoms with Gasteiger partial charge in [0, 0.05) is 19.0 Å². The Morgan fingerprint density at radius 2 is 1.77 bits per heavy atom. The molecule has 6 heteroatoms. The van der Waals surface area contributed by atoms with E-state index in [-0.39, 0.29) is 18.4 Å². The fourth-order valence-corrected chi connectivity index (χ4v) is 4.35. The molecule has 0 unspecified atom stereocenters. The average Bonchev–Trinajstić information content (AvgIpc) is 3.34. The Balaban J connectivity index is 1.54. The lowest BCUT2D eigenvalue weighted by atomic mass is 9.89. The maximum absolute atomic E-state index is 12.8. The number of nitrogens with one attached hydrogen (secondary N) is 1. The first kappa shape index (κ1) is 18.9. The number of carbonyl (C=O) groups excluding carboxylic acids is 2. The molecule has 1 aromatic heterocycles. The summed E-state index contributed by atoms with van der Waals surface area (Å²) in [6, 6.07) is 1.60. The zero-order valence-corrected chi connectivity index (χ0v) is 15.6. The minimum atomic E-state index is -0.205. The fourth-order valence-electron chi connectivity index (χ4n) is 4.35. The van der Waals surface area contributed by atoms with Gasteiger partial charge in [0.1, 0.15) is 6.26 Å². The predicted molar refractivity (Wildman–Crippen MR) is 99.5 cm³/mol. The van der Waals surface area contributed by atoms with Crippen molar-refractivity contribution in [2.45, 2.75) is 70.6 Å². The lowest BCUT2D eigenvalue weighted by Gasteiger charge is -2.29. The molecule has 0 bridgehead atoms. The lowest BCUT2D eigenvalue weighted by Crippen LogP contribution is -2.41. The van der Waals surface area contributed by atoms with E-state index in [4.69, 9.17) is 4.52 Å². The molecule has 2 fully saturated rings. The highest BCUT2D eigenvalue weighted by molar-refractivity contribution is 5.93. The molecule has 6 nitrogen and oxygen atoms in total. The molecule has 2 aliphatic carbocycles. The van der Waals surface area contributed by atoms with Crippen molar-refractivity contribution in [3.63, 3.8) is 0 Å². The molecule has 0 aromatic carbocycles. The second kappa shape index (κ2) is 9.74. The van der Waals surface area contributed by atoms with Crippen molar-refractivity contribution in [3.8, 4) is 0 Å². The maximum atomic E-state index is 12.8. The molecule has 26 heavy (non-hydrogen) atoms. The smallest absolute Gasteiger partial charge is 0.245 e. The van der Waals surface area contributed by atoms with E-state index in [9.17, 15) is 9.59 Å². The first-order valence-electron chi connectivity index (χ1n) is 10.2. The van der Waals surface area contributed by atoms with Gasteiger partial charge in [-0.3, -0.25) is 9.59 Å². The monoisotopic (exact) mass is 361 g/mol. The Hall–Kier alpha value is -1.85. The van der Waals surface area contributed by atoms with Crippen LogP contribution in [0, 0.1) is 11.8 Å². The summed E-state index contributed by atoms with van der Waals surface area (Å²) in [6.07, 6.45) is 14.1. The van der Waals surface area contributed by atoms with E-state index in [1.54, 1.807) is 11.0 Å². The summed E-state index contributed by atoms with van der Waals surface area (Å²) >= 11 is 0. The molecule has 1 N–H and O–H groups in total. The summed E-state index contributed by atoms with van der Waals surface area (Å²) in [5, 5.41) is 6.41. The Bertz CT molecular complexity index is 561. The molecule has 2 aliphatic rings. The first-order valence-corrected chi connectivity index (χ1v) is 10.2. The molecular weight excluding hydrogens is 330 g/mol. The van der Waals surface area contributed by atoms with Gasteiger partial charge in [-0.1, -0.05) is 50.1 Å². The molecule has 144 valence electrons. The van der Waals surface area contributed by atoms with Crippen molar-refractivity contribution in [1.29, 1.82) is 0 Å². The minimum absolute atomic E-state index is 0.104. The number of nitrogens with zero attached hydrogens (tertiary/aromatic N) is 2. The average molecular weight is 361 g/mol. The van der Waals surface area contributed by atoms with Gasteiger partial charge >= 0.3 is 0 Å². The van der Waals surface area contributed by atoms with Crippen molar-refractivity contribution in [3.05, 3.63) is 12.3 Å². The molecule has 1 heterocycles. The van der Waals surface area contributed by atoms with Crippen LogP contribution in [-0.2, 0) is 9.59 Å². The molecule has 0 radical (unpaired) electrons. The minimum Gasteiger partial charge on any atom is -0.363 e. The van der Waals surface area contributed by atoms with Crippen molar-refractivity contribution in [1.82, 2.24) is 10.1 Å². The van der Waals surface area contributed by atoms with Gasteiger partial charge in [0.25, 0.3) is 0 Å². The summed E-state index contributed by atoms with van der Waals surface area (Å²) in [5.41, 5.74) is 0. The van der Waals surface area contributed by atoms with Crippen LogP contribution in [0.5, 0.6) is 0 Å². The fraction of sp³-hybridized carbons (Fsp3) is 0.750. The maximum Gasteiger partial charge on any atom is 0.245 e. The van der Waals surface area contributed by atoms with E-state index < -0.39 is 0 Å². The van der Waals surface area contributed by atoms with Crippen molar-refractivity contribution < 1.29 is 14.1 Å². The molecule has 3 rings (SSSR count). The van der Waals surface area contributed by atoms with E-state index in [0.29, 0.717) is 30.6 Å². The zero-order chi connectivity index (χ0) is 18.2. The van der Waals surface area contributed by atoms with Crippen LogP contribution in [-0.4, -0.2) is 35.0 Å². The Labute approximate surface area is 155 Å². The molecule has 2 amide bonds. The van der Waals surface area contributed by atoms with Crippen LogP contribution in [0.4, 0.5) is 5.82 Å². The zero-order valence-electron chi connectivity index (χ0n) is 15.6. The van der Waals surface area contributed by atoms with Gasteiger partial charge in [-0.05, 0) is 31.1 Å². The summed E-state index contributed by atoms with van der Waals surface area (Å²) in [7, 11) is 0. The van der Waals surface area contributed by atoms with Gasteiger partial charge in [0.05, 0.1) is 6.54 Å². The standard InChI is InChI=1S/C20H31N3O3/c24-19(21-18-12-13-26-22-18)15-23(14-17-8-2-1-3-9-17)20(25)11-10-16-6-4-5-7-16/h12-13,16-17H,1-11,14-15H2,(H,21,22,24). The third-order valence-corrected chi connectivity index (χ3v) is 5.84. The van der Waals surface area contributed by atoms with Gasteiger partial charge in [-0.2, -0.15) is 0 Å². The second-order valence-electron chi connectivity index (χ2n) is 7.90. The number of carbonyl (C=O) groups is 2. The van der Waals surface area contributed by atoms with Crippen LogP contribution >= 0.6 is 0 Å². The van der Waals surface area contributed by atoms with Crippen LogP contribution in [0.1, 0.15) is 70.6 Å². The van der Waals surface area contributed by atoms with Crippen LogP contribution < -0.4 is 5.32 Å². The van der Waals surface area contributed by atoms with E-state index in [0.717, 1.165) is 19.3 Å². The normalized spacial score (nSPS) is 18.8. The molecular formula is C20H31N3O3. The van der Waals surface area contributed by atoms with Crippen molar-refractivity contribution in [2.24, 2.45) is 11.8 Å². The van der Waals surface area contributed by atoms with Gasteiger partial charge in [-0.15, -0.1) is 0 Å². The Morgan fingerprint density at radius 1 is 1.08 bits per heavy atom. The highest BCUT2D eigenvalue weighted by Crippen LogP contribution is 2.29. The third-order valence-electron chi connectivity index (χ3n) is 5.84. The van der Waals surface area contributed by atoms with Crippen LogP contribution in [0.25, 0.3) is 0 Å².